The predicted molar refractivity (Wildman–Crippen MR) is 81.0 cm³/mol. The van der Waals surface area contributed by atoms with Crippen LogP contribution >= 0.6 is 0 Å². The molecule has 1 N–H and O–H groups in total. The van der Waals surface area contributed by atoms with Crippen LogP contribution in [-0.2, 0) is 22.4 Å². The van der Waals surface area contributed by atoms with E-state index in [0.717, 1.165) is 17.4 Å². The van der Waals surface area contributed by atoms with Crippen LogP contribution in [0.3, 0.4) is 0 Å². The summed E-state index contributed by atoms with van der Waals surface area (Å²) in [5.74, 6) is -0.950. The van der Waals surface area contributed by atoms with E-state index < -0.39 is 11.4 Å². The summed E-state index contributed by atoms with van der Waals surface area (Å²) >= 11 is 0. The average molecular weight is 282 g/mol. The lowest BCUT2D eigenvalue weighted by molar-refractivity contribution is -0.141. The summed E-state index contributed by atoms with van der Waals surface area (Å²) < 4.78 is 0. The second-order valence-electron chi connectivity index (χ2n) is 5.38. The molecule has 2 aromatic rings. The summed E-state index contributed by atoms with van der Waals surface area (Å²) in [4.78, 5) is 22.9. The molecule has 0 saturated carbocycles. The van der Waals surface area contributed by atoms with Gasteiger partial charge >= 0.3 is 5.97 Å². The van der Waals surface area contributed by atoms with Crippen molar-refractivity contribution in [3.05, 3.63) is 71.8 Å². The molecule has 0 unspecified atom stereocenters. The summed E-state index contributed by atoms with van der Waals surface area (Å²) in [5.41, 5.74) is 1.04. The maximum atomic E-state index is 11.7. The van der Waals surface area contributed by atoms with Crippen LogP contribution in [0, 0.1) is 5.41 Å². The number of carboxylic acid groups (broad SMARTS) is 1. The Morgan fingerprint density at radius 2 is 1.33 bits per heavy atom. The number of aldehydes is 1. The summed E-state index contributed by atoms with van der Waals surface area (Å²) in [6, 6.07) is 19.1. The molecule has 0 bridgehead atoms. The highest BCUT2D eigenvalue weighted by molar-refractivity contribution is 5.75. The van der Waals surface area contributed by atoms with Crippen molar-refractivity contribution in [2.24, 2.45) is 5.41 Å². The monoisotopic (exact) mass is 282 g/mol. The van der Waals surface area contributed by atoms with Crippen LogP contribution in [0.1, 0.15) is 17.5 Å². The zero-order valence-electron chi connectivity index (χ0n) is 11.7. The molecular weight excluding hydrogens is 264 g/mol. The number of rotatable bonds is 7. The van der Waals surface area contributed by atoms with Gasteiger partial charge in [0, 0.05) is 5.41 Å². The SMILES string of the molecule is O=CC(CC(=O)O)(Cc1ccccc1)Cc1ccccc1. The Labute approximate surface area is 124 Å². The number of carbonyl (C=O) groups is 2. The number of carbonyl (C=O) groups excluding carboxylic acids is 1. The average Bonchev–Trinajstić information content (AvgIpc) is 2.48. The molecule has 0 radical (unpaired) electrons. The molecule has 0 atom stereocenters. The minimum Gasteiger partial charge on any atom is -0.481 e. The van der Waals surface area contributed by atoms with E-state index in [2.05, 4.69) is 0 Å². The van der Waals surface area contributed by atoms with Crippen LogP contribution in [0.2, 0.25) is 0 Å². The quantitative estimate of drug-likeness (QED) is 0.794. The number of hydrogen-bond donors (Lipinski definition) is 1. The molecule has 3 nitrogen and oxygen atoms in total. The zero-order chi connectivity index (χ0) is 15.1. The van der Waals surface area contributed by atoms with E-state index in [1.54, 1.807) is 0 Å². The van der Waals surface area contributed by atoms with E-state index in [4.69, 9.17) is 0 Å². The largest absolute Gasteiger partial charge is 0.481 e. The Morgan fingerprint density at radius 1 is 0.905 bits per heavy atom. The minimum absolute atomic E-state index is 0.166. The molecule has 2 rings (SSSR count). The van der Waals surface area contributed by atoms with Gasteiger partial charge in [0.25, 0.3) is 0 Å². The van der Waals surface area contributed by atoms with E-state index in [0.29, 0.717) is 12.8 Å². The third-order valence-corrected chi connectivity index (χ3v) is 3.55. The Kier molecular flexibility index (Phi) is 4.88. The smallest absolute Gasteiger partial charge is 0.304 e. The van der Waals surface area contributed by atoms with Crippen LogP contribution in [-0.4, -0.2) is 17.4 Å². The van der Waals surface area contributed by atoms with Gasteiger partial charge in [0.05, 0.1) is 6.42 Å². The van der Waals surface area contributed by atoms with Gasteiger partial charge in [-0.2, -0.15) is 0 Å². The van der Waals surface area contributed by atoms with Crippen molar-refractivity contribution in [3.63, 3.8) is 0 Å². The molecule has 0 aromatic heterocycles. The van der Waals surface area contributed by atoms with Gasteiger partial charge in [0.1, 0.15) is 6.29 Å². The lowest BCUT2D eigenvalue weighted by Crippen LogP contribution is -2.31. The van der Waals surface area contributed by atoms with Crippen molar-refractivity contribution >= 4 is 12.3 Å². The highest BCUT2D eigenvalue weighted by Gasteiger charge is 2.33. The Bertz CT molecular complexity index is 549. The van der Waals surface area contributed by atoms with Crippen LogP contribution in [0.5, 0.6) is 0 Å². The van der Waals surface area contributed by atoms with Crippen molar-refractivity contribution in [1.82, 2.24) is 0 Å². The molecule has 0 amide bonds. The van der Waals surface area contributed by atoms with Gasteiger partial charge in [-0.1, -0.05) is 60.7 Å². The lowest BCUT2D eigenvalue weighted by atomic mass is 9.75. The second-order valence-corrected chi connectivity index (χ2v) is 5.38. The van der Waals surface area contributed by atoms with Crippen LogP contribution in [0.4, 0.5) is 0 Å². The number of hydrogen-bond acceptors (Lipinski definition) is 2. The normalized spacial score (nSPS) is 11.0. The third-order valence-electron chi connectivity index (χ3n) is 3.55. The fourth-order valence-electron chi connectivity index (χ4n) is 2.62. The Balaban J connectivity index is 2.28. The van der Waals surface area contributed by atoms with Crippen LogP contribution < -0.4 is 0 Å². The van der Waals surface area contributed by atoms with Crippen molar-refractivity contribution < 1.29 is 14.7 Å². The van der Waals surface area contributed by atoms with Gasteiger partial charge in [0.2, 0.25) is 0 Å². The van der Waals surface area contributed by atoms with Gasteiger partial charge < -0.3 is 9.90 Å². The van der Waals surface area contributed by atoms with Gasteiger partial charge in [-0.3, -0.25) is 4.79 Å². The van der Waals surface area contributed by atoms with Gasteiger partial charge in [-0.05, 0) is 24.0 Å². The van der Waals surface area contributed by atoms with Crippen molar-refractivity contribution in [3.8, 4) is 0 Å². The maximum absolute atomic E-state index is 11.7. The standard InChI is InChI=1S/C18H18O3/c19-14-18(13-17(20)21,11-15-7-3-1-4-8-15)12-16-9-5-2-6-10-16/h1-10,14H,11-13H2,(H,20,21). The summed E-state index contributed by atoms with van der Waals surface area (Å²) in [6.45, 7) is 0. The maximum Gasteiger partial charge on any atom is 0.304 e. The summed E-state index contributed by atoms with van der Waals surface area (Å²) in [7, 11) is 0. The molecule has 3 heteroatoms. The molecule has 21 heavy (non-hydrogen) atoms. The van der Waals surface area contributed by atoms with Gasteiger partial charge in [-0.25, -0.2) is 0 Å². The van der Waals surface area contributed by atoms with Gasteiger partial charge in [0.15, 0.2) is 0 Å². The lowest BCUT2D eigenvalue weighted by Gasteiger charge is -2.26. The fourth-order valence-corrected chi connectivity index (χ4v) is 2.62. The molecule has 0 saturated heterocycles. The Morgan fingerprint density at radius 3 is 1.67 bits per heavy atom. The summed E-state index contributed by atoms with van der Waals surface area (Å²) in [5, 5.41) is 9.18. The molecule has 0 aliphatic rings. The molecule has 0 aliphatic carbocycles. The topological polar surface area (TPSA) is 54.4 Å². The van der Waals surface area contributed by atoms with Crippen molar-refractivity contribution in [2.45, 2.75) is 19.3 Å². The number of carboxylic acids is 1. The first-order chi connectivity index (χ1) is 10.1. The number of benzene rings is 2. The van der Waals surface area contributed by atoms with Crippen LogP contribution in [0.25, 0.3) is 0 Å². The minimum atomic E-state index is -0.950. The van der Waals surface area contributed by atoms with Gasteiger partial charge in [-0.15, -0.1) is 0 Å². The highest BCUT2D eigenvalue weighted by atomic mass is 16.4. The van der Waals surface area contributed by atoms with Crippen molar-refractivity contribution in [2.75, 3.05) is 0 Å². The Hall–Kier alpha value is -2.42. The van der Waals surface area contributed by atoms with E-state index >= 15 is 0 Å². The molecule has 0 fully saturated rings. The first-order valence-electron chi connectivity index (χ1n) is 6.89. The highest BCUT2D eigenvalue weighted by Crippen LogP contribution is 2.30. The predicted octanol–water partition coefficient (Wildman–Crippen LogP) is 3.13. The third kappa shape index (κ3) is 4.28. The molecule has 0 aliphatic heterocycles. The van der Waals surface area contributed by atoms with Crippen LogP contribution in [0.15, 0.2) is 60.7 Å². The molecule has 2 aromatic carbocycles. The van der Waals surface area contributed by atoms with E-state index in [9.17, 15) is 14.7 Å². The molecular formula is C18H18O3. The first kappa shape index (κ1) is 15.0. The molecule has 0 heterocycles. The fraction of sp³-hybridized carbons (Fsp3) is 0.222. The first-order valence-corrected chi connectivity index (χ1v) is 6.89. The zero-order valence-corrected chi connectivity index (χ0v) is 11.7. The number of aliphatic carboxylic acids is 1. The second kappa shape index (κ2) is 6.84. The summed E-state index contributed by atoms with van der Waals surface area (Å²) in [6.07, 6.45) is 1.50. The van der Waals surface area contributed by atoms with Crippen molar-refractivity contribution in [1.29, 1.82) is 0 Å². The molecule has 108 valence electrons. The van der Waals surface area contributed by atoms with E-state index in [-0.39, 0.29) is 6.42 Å². The molecule has 0 spiro atoms. The van der Waals surface area contributed by atoms with E-state index in [1.807, 2.05) is 60.7 Å². The van der Waals surface area contributed by atoms with E-state index in [1.165, 1.54) is 0 Å².